The van der Waals surface area contributed by atoms with E-state index in [1.807, 2.05) is 0 Å². The molecule has 0 saturated heterocycles. The van der Waals surface area contributed by atoms with E-state index in [9.17, 15) is 29.6 Å². The van der Waals surface area contributed by atoms with Gasteiger partial charge in [-0.3, -0.25) is 19.7 Å². The van der Waals surface area contributed by atoms with Crippen molar-refractivity contribution in [2.75, 3.05) is 13.7 Å². The number of aromatic hydroxyl groups is 1. The number of benzene rings is 1. The number of fused-ring (bicyclic) bond motifs is 5. The lowest BCUT2D eigenvalue weighted by molar-refractivity contribution is -0.385. The number of ether oxygens (including phenoxy) is 1. The van der Waals surface area contributed by atoms with Crippen molar-refractivity contribution in [1.29, 1.82) is 0 Å². The van der Waals surface area contributed by atoms with Gasteiger partial charge in [-0.1, -0.05) is 30.6 Å². The fraction of sp³-hybridized carbons (Fsp3) is 0.636. The Kier molecular flexibility index (Phi) is 8.87. The molecular formula is C33H43N3O8. The topological polar surface area (TPSA) is 157 Å². The van der Waals surface area contributed by atoms with Crippen LogP contribution in [0.1, 0.15) is 77.7 Å². The number of carbonyl (C=O) groups excluding carboxylic acids is 3. The van der Waals surface area contributed by atoms with Crippen molar-refractivity contribution < 1.29 is 34.0 Å². The van der Waals surface area contributed by atoms with Gasteiger partial charge in [0.2, 0.25) is 0 Å². The Morgan fingerprint density at radius 2 is 1.91 bits per heavy atom. The predicted octanol–water partition coefficient (Wildman–Crippen LogP) is 5.04. The third kappa shape index (κ3) is 5.85. The molecular weight excluding hydrogens is 566 g/mol. The molecule has 0 aliphatic heterocycles. The zero-order chi connectivity index (χ0) is 31.8. The first-order valence-corrected chi connectivity index (χ1v) is 15.6. The number of nitrogens with zero attached hydrogens (tertiary/aromatic N) is 2. The molecule has 1 aromatic carbocycles. The van der Waals surface area contributed by atoms with Crippen molar-refractivity contribution in [3.8, 4) is 5.75 Å². The molecule has 1 amide bonds. The average Bonchev–Trinajstić information content (AvgIpc) is 3.35. The summed E-state index contributed by atoms with van der Waals surface area (Å²) in [6.07, 6.45) is 10.4. The van der Waals surface area contributed by atoms with Crippen molar-refractivity contribution in [2.24, 2.45) is 39.7 Å². The average molecular weight is 610 g/mol. The summed E-state index contributed by atoms with van der Waals surface area (Å²) in [5, 5.41) is 27.7. The molecule has 5 rings (SSSR count). The first-order chi connectivity index (χ1) is 20.9. The lowest BCUT2D eigenvalue weighted by Crippen LogP contribution is -2.51. The molecule has 4 aliphatic carbocycles. The minimum absolute atomic E-state index is 0.0731. The number of nitro benzene ring substituents is 1. The molecule has 3 saturated carbocycles. The van der Waals surface area contributed by atoms with Crippen LogP contribution in [-0.4, -0.2) is 53.2 Å². The van der Waals surface area contributed by atoms with Crippen LogP contribution in [0.2, 0.25) is 0 Å². The summed E-state index contributed by atoms with van der Waals surface area (Å²) in [6.45, 7) is 6.13. The van der Waals surface area contributed by atoms with E-state index >= 15 is 0 Å². The molecule has 11 heteroatoms. The quantitative estimate of drug-likeness (QED) is 0.224. The van der Waals surface area contributed by atoms with Crippen LogP contribution in [0.25, 0.3) is 0 Å². The molecule has 0 spiro atoms. The Bertz CT molecular complexity index is 1410. The van der Waals surface area contributed by atoms with Gasteiger partial charge in [-0.05, 0) is 105 Å². The van der Waals surface area contributed by atoms with E-state index in [0.717, 1.165) is 63.1 Å². The van der Waals surface area contributed by atoms with Gasteiger partial charge in [0.1, 0.15) is 11.8 Å². The van der Waals surface area contributed by atoms with Crippen LogP contribution in [-0.2, 0) is 30.4 Å². The minimum atomic E-state index is -1.11. The number of hydrogen-bond acceptors (Lipinski definition) is 9. The van der Waals surface area contributed by atoms with Gasteiger partial charge in [0.05, 0.1) is 17.7 Å². The van der Waals surface area contributed by atoms with Crippen LogP contribution in [0.5, 0.6) is 5.75 Å². The van der Waals surface area contributed by atoms with Gasteiger partial charge in [-0.25, -0.2) is 4.79 Å². The van der Waals surface area contributed by atoms with Gasteiger partial charge < -0.3 is 20.0 Å². The number of amides is 1. The highest BCUT2D eigenvalue weighted by Crippen LogP contribution is 2.66. The maximum atomic E-state index is 12.7. The van der Waals surface area contributed by atoms with E-state index in [1.165, 1.54) is 24.8 Å². The Balaban J connectivity index is 1.19. The second-order valence-electron chi connectivity index (χ2n) is 13.6. The molecule has 4 aliphatic rings. The van der Waals surface area contributed by atoms with Crippen LogP contribution in [0.4, 0.5) is 5.69 Å². The number of methoxy groups -OCH3 is 1. The Hall–Kier alpha value is -3.76. The standard InChI is InChI=1S/C33H43N3O8/c1-19(37)24-8-9-25-23-7-6-21-17-22(11-13-32(21,2)26(23)12-14-33(24,25)3)35-44-18-30(39)34-27(31(40)43-4)15-20-5-10-29(38)28(16-20)36(41)42/h5,10,16-17,23-27,38H,6-9,11-15,18H2,1-4H3,(H,34,39)/b35-22-/t23-,24+,25-,26-,27+,32-,33+/m0/s1. The van der Waals surface area contributed by atoms with Gasteiger partial charge in [-0.15, -0.1) is 0 Å². The zero-order valence-corrected chi connectivity index (χ0v) is 26.0. The number of esters is 1. The fourth-order valence-electron chi connectivity index (χ4n) is 9.13. The highest BCUT2D eigenvalue weighted by Gasteiger charge is 2.59. The maximum absolute atomic E-state index is 12.7. The maximum Gasteiger partial charge on any atom is 0.328 e. The number of hydrogen-bond donors (Lipinski definition) is 2. The third-order valence-electron chi connectivity index (χ3n) is 11.3. The van der Waals surface area contributed by atoms with E-state index in [4.69, 9.17) is 9.57 Å². The Morgan fingerprint density at radius 3 is 2.61 bits per heavy atom. The van der Waals surface area contributed by atoms with Crippen molar-refractivity contribution >= 4 is 29.1 Å². The van der Waals surface area contributed by atoms with Crippen molar-refractivity contribution in [1.82, 2.24) is 5.32 Å². The first kappa shape index (κ1) is 31.7. The Morgan fingerprint density at radius 1 is 1.14 bits per heavy atom. The predicted molar refractivity (Wildman–Crippen MR) is 162 cm³/mol. The van der Waals surface area contributed by atoms with Crippen LogP contribution in [0.3, 0.4) is 0 Å². The highest BCUT2D eigenvalue weighted by atomic mass is 16.6. The number of phenolic OH excluding ortho intramolecular Hbond substituents is 1. The number of oxime groups is 1. The van der Waals surface area contributed by atoms with E-state index in [1.54, 1.807) is 6.92 Å². The molecule has 1 aromatic rings. The van der Waals surface area contributed by atoms with Crippen LogP contribution >= 0.6 is 0 Å². The van der Waals surface area contributed by atoms with E-state index < -0.39 is 40.9 Å². The van der Waals surface area contributed by atoms with Crippen molar-refractivity contribution in [3.63, 3.8) is 0 Å². The number of nitrogens with one attached hydrogen (secondary N) is 1. The van der Waals surface area contributed by atoms with Crippen molar-refractivity contribution in [2.45, 2.75) is 84.6 Å². The molecule has 0 radical (unpaired) electrons. The van der Waals surface area contributed by atoms with Gasteiger partial charge in [-0.2, -0.15) is 0 Å². The summed E-state index contributed by atoms with van der Waals surface area (Å²) in [5.41, 5.74) is 2.30. The number of carbonyl (C=O) groups is 3. The van der Waals surface area contributed by atoms with Crippen molar-refractivity contribution in [3.05, 3.63) is 45.5 Å². The minimum Gasteiger partial charge on any atom is -0.502 e. The third-order valence-corrected chi connectivity index (χ3v) is 11.3. The number of allylic oxidation sites excluding steroid dienone is 2. The van der Waals surface area contributed by atoms with E-state index in [2.05, 4.69) is 30.4 Å². The lowest BCUT2D eigenvalue weighted by Gasteiger charge is -2.58. The summed E-state index contributed by atoms with van der Waals surface area (Å²) < 4.78 is 4.80. The summed E-state index contributed by atoms with van der Waals surface area (Å²) in [7, 11) is 1.18. The van der Waals surface area contributed by atoms with Gasteiger partial charge in [0, 0.05) is 18.4 Å². The molecule has 3 fully saturated rings. The van der Waals surface area contributed by atoms with Gasteiger partial charge in [0.15, 0.2) is 12.4 Å². The summed E-state index contributed by atoms with van der Waals surface area (Å²) in [6, 6.07) is 2.65. The molecule has 0 aromatic heterocycles. The normalized spacial score (nSPS) is 32.4. The molecule has 0 heterocycles. The van der Waals surface area contributed by atoms with Gasteiger partial charge in [0.25, 0.3) is 5.91 Å². The van der Waals surface area contributed by atoms with E-state index in [-0.39, 0.29) is 23.2 Å². The zero-order valence-electron chi connectivity index (χ0n) is 26.0. The number of rotatable bonds is 9. The first-order valence-electron chi connectivity index (χ1n) is 15.6. The molecule has 11 nitrogen and oxygen atoms in total. The molecule has 0 bridgehead atoms. The summed E-state index contributed by atoms with van der Waals surface area (Å²) in [5.74, 6) is 0.626. The van der Waals surface area contributed by atoms with Crippen LogP contribution in [0.15, 0.2) is 35.0 Å². The van der Waals surface area contributed by atoms with Crippen LogP contribution in [0, 0.1) is 44.6 Å². The molecule has 44 heavy (non-hydrogen) atoms. The van der Waals surface area contributed by atoms with E-state index in [0.29, 0.717) is 29.1 Å². The molecule has 2 N–H and O–H groups in total. The number of ketones is 1. The fourth-order valence-corrected chi connectivity index (χ4v) is 9.13. The smallest absolute Gasteiger partial charge is 0.328 e. The van der Waals surface area contributed by atoms with Gasteiger partial charge >= 0.3 is 11.7 Å². The number of phenols is 1. The SMILES string of the molecule is COC(=O)[C@@H](Cc1ccc(O)c([N+](=O)[O-])c1)NC(=O)CO/N=C1\C=C2CC[C@H]3[C@@H]4CC[C@H](C(C)=O)[C@@]4(C)CC[C@@H]3[C@@]2(C)CC1. The highest BCUT2D eigenvalue weighted by molar-refractivity contribution is 5.96. The van der Waals surface area contributed by atoms with Crippen LogP contribution < -0.4 is 5.32 Å². The second-order valence-corrected chi connectivity index (χ2v) is 13.6. The molecule has 7 atom stereocenters. The summed E-state index contributed by atoms with van der Waals surface area (Å²) in [4.78, 5) is 53.3. The molecule has 0 unspecified atom stereocenters. The number of nitro groups is 1. The largest absolute Gasteiger partial charge is 0.502 e. The number of Topliss-reactive ketones (excluding diaryl/α,β-unsaturated/α-hetero) is 1. The molecule has 238 valence electrons. The second kappa shape index (κ2) is 12.3. The monoisotopic (exact) mass is 609 g/mol. The Labute approximate surface area is 257 Å². The summed E-state index contributed by atoms with van der Waals surface area (Å²) >= 11 is 0. The lowest BCUT2D eigenvalue weighted by atomic mass is 9.46.